The second-order valence-electron chi connectivity index (χ2n) is 4.83. The fourth-order valence-corrected chi connectivity index (χ4v) is 3.28. The van der Waals surface area contributed by atoms with Gasteiger partial charge in [-0.1, -0.05) is 11.6 Å². The first kappa shape index (κ1) is 14.6. The summed E-state index contributed by atoms with van der Waals surface area (Å²) in [5.74, 6) is 0.732. The van der Waals surface area contributed by atoms with Gasteiger partial charge in [0.25, 0.3) is 0 Å². The van der Waals surface area contributed by atoms with E-state index in [1.54, 1.807) is 25.4 Å². The lowest BCUT2D eigenvalue weighted by Gasteiger charge is -2.37. The summed E-state index contributed by atoms with van der Waals surface area (Å²) in [5.41, 5.74) is 0. The smallest absolute Gasteiger partial charge is 0.211 e. The number of pyridine rings is 1. The minimum Gasteiger partial charge on any atom is -0.354 e. The van der Waals surface area contributed by atoms with Crippen molar-refractivity contribution in [2.75, 3.05) is 31.3 Å². The van der Waals surface area contributed by atoms with Gasteiger partial charge >= 0.3 is 0 Å². The van der Waals surface area contributed by atoms with E-state index >= 15 is 0 Å². The molecule has 1 fully saturated rings. The summed E-state index contributed by atoms with van der Waals surface area (Å²) in [6.45, 7) is 1.48. The number of hydrogen-bond acceptors (Lipinski definition) is 4. The number of halogens is 1. The second kappa shape index (κ2) is 5.64. The van der Waals surface area contributed by atoms with Crippen LogP contribution in [0.2, 0.25) is 5.02 Å². The van der Waals surface area contributed by atoms with E-state index in [1.165, 1.54) is 10.6 Å². The molecule has 0 N–H and O–H groups in total. The number of hydrogen-bond donors (Lipinski definition) is 0. The first-order valence-corrected chi connectivity index (χ1v) is 8.40. The maximum atomic E-state index is 11.6. The van der Waals surface area contributed by atoms with Crippen molar-refractivity contribution in [2.24, 2.45) is 0 Å². The van der Waals surface area contributed by atoms with Gasteiger partial charge in [-0.25, -0.2) is 17.7 Å². The van der Waals surface area contributed by atoms with Gasteiger partial charge in [-0.05, 0) is 25.0 Å². The highest BCUT2D eigenvalue weighted by atomic mass is 35.5. The average molecular weight is 304 g/mol. The van der Waals surface area contributed by atoms with Crippen molar-refractivity contribution in [1.82, 2.24) is 9.29 Å². The van der Waals surface area contributed by atoms with Crippen LogP contribution in [-0.4, -0.2) is 50.1 Å². The zero-order chi connectivity index (χ0) is 14.0. The molecule has 0 bridgehead atoms. The van der Waals surface area contributed by atoms with E-state index < -0.39 is 10.0 Å². The van der Waals surface area contributed by atoms with Crippen molar-refractivity contribution in [2.45, 2.75) is 18.9 Å². The topological polar surface area (TPSA) is 53.5 Å². The van der Waals surface area contributed by atoms with Gasteiger partial charge in [0.05, 0.1) is 11.3 Å². The van der Waals surface area contributed by atoms with Crippen LogP contribution in [0.25, 0.3) is 0 Å². The maximum absolute atomic E-state index is 11.6. The highest BCUT2D eigenvalue weighted by Crippen LogP contribution is 2.26. The predicted molar refractivity (Wildman–Crippen MR) is 77.1 cm³/mol. The van der Waals surface area contributed by atoms with Crippen LogP contribution in [0.15, 0.2) is 18.3 Å². The zero-order valence-electron chi connectivity index (χ0n) is 11.1. The highest BCUT2D eigenvalue weighted by molar-refractivity contribution is 7.88. The Hall–Kier alpha value is -0.850. The van der Waals surface area contributed by atoms with Gasteiger partial charge in [0.1, 0.15) is 5.82 Å². The normalized spacial score (nSPS) is 20.8. The van der Waals surface area contributed by atoms with E-state index in [4.69, 9.17) is 11.6 Å². The monoisotopic (exact) mass is 303 g/mol. The maximum Gasteiger partial charge on any atom is 0.211 e. The molecule has 5 nitrogen and oxygen atoms in total. The Morgan fingerprint density at radius 3 is 2.89 bits per heavy atom. The molecular weight excluding hydrogens is 286 g/mol. The van der Waals surface area contributed by atoms with Gasteiger partial charge in [-0.2, -0.15) is 0 Å². The average Bonchev–Trinajstić information content (AvgIpc) is 2.37. The summed E-state index contributed by atoms with van der Waals surface area (Å²) in [5, 5.41) is 0.602. The second-order valence-corrected chi connectivity index (χ2v) is 7.28. The molecule has 0 aliphatic carbocycles. The lowest BCUT2D eigenvalue weighted by molar-refractivity contribution is 0.321. The summed E-state index contributed by atoms with van der Waals surface area (Å²) in [7, 11) is -1.54. The van der Waals surface area contributed by atoms with E-state index in [2.05, 4.69) is 9.88 Å². The molecule has 1 atom stereocenters. The lowest BCUT2D eigenvalue weighted by Crippen LogP contribution is -2.48. The minimum atomic E-state index is -3.16. The molecule has 106 valence electrons. The minimum absolute atomic E-state index is 0.0261. The molecule has 0 spiro atoms. The quantitative estimate of drug-likeness (QED) is 0.851. The number of anilines is 1. The van der Waals surface area contributed by atoms with E-state index in [0.717, 1.165) is 25.2 Å². The Balaban J connectivity index is 2.16. The van der Waals surface area contributed by atoms with Crippen LogP contribution in [0.4, 0.5) is 5.82 Å². The third-order valence-electron chi connectivity index (χ3n) is 3.47. The Bertz CT molecular complexity index is 550. The van der Waals surface area contributed by atoms with Crippen LogP contribution < -0.4 is 4.90 Å². The van der Waals surface area contributed by atoms with Gasteiger partial charge in [0.15, 0.2) is 0 Å². The highest BCUT2D eigenvalue weighted by Gasteiger charge is 2.29. The van der Waals surface area contributed by atoms with Crippen LogP contribution in [0.3, 0.4) is 0 Å². The molecule has 0 saturated carbocycles. The van der Waals surface area contributed by atoms with Crippen molar-refractivity contribution >= 4 is 27.4 Å². The van der Waals surface area contributed by atoms with Crippen molar-refractivity contribution in [3.05, 3.63) is 23.4 Å². The Morgan fingerprint density at radius 1 is 1.53 bits per heavy atom. The molecule has 2 rings (SSSR count). The van der Waals surface area contributed by atoms with E-state index in [9.17, 15) is 8.42 Å². The predicted octanol–water partition coefficient (Wildman–Crippen LogP) is 1.60. The number of piperidine rings is 1. The molecule has 19 heavy (non-hydrogen) atoms. The van der Waals surface area contributed by atoms with Crippen LogP contribution in [0.5, 0.6) is 0 Å². The number of sulfonamides is 1. The van der Waals surface area contributed by atoms with Gasteiger partial charge in [-0.15, -0.1) is 0 Å². The van der Waals surface area contributed by atoms with Crippen LogP contribution in [0.1, 0.15) is 12.8 Å². The fourth-order valence-electron chi connectivity index (χ4n) is 2.32. The van der Waals surface area contributed by atoms with Crippen molar-refractivity contribution in [3.8, 4) is 0 Å². The first-order chi connectivity index (χ1) is 8.89. The van der Waals surface area contributed by atoms with Gasteiger partial charge in [0, 0.05) is 32.4 Å². The molecule has 0 aromatic carbocycles. The molecule has 1 unspecified atom stereocenters. The molecule has 1 aliphatic heterocycles. The summed E-state index contributed by atoms with van der Waals surface area (Å²) < 4.78 is 24.7. The summed E-state index contributed by atoms with van der Waals surface area (Å²) in [6.07, 6.45) is 4.73. The van der Waals surface area contributed by atoms with Gasteiger partial charge in [-0.3, -0.25) is 0 Å². The third kappa shape index (κ3) is 3.38. The molecule has 0 amide bonds. The lowest BCUT2D eigenvalue weighted by atomic mass is 10.1. The molecule has 1 saturated heterocycles. The zero-order valence-corrected chi connectivity index (χ0v) is 12.7. The number of likely N-dealkylation sites (N-methyl/N-ethyl adjacent to an activating group) is 1. The van der Waals surface area contributed by atoms with Gasteiger partial charge in [0.2, 0.25) is 10.0 Å². The summed E-state index contributed by atoms with van der Waals surface area (Å²) in [6, 6.07) is 3.56. The standard InChI is InChI=1S/C12H18ClN3O2S/c1-15(19(2,17)18)10-5-4-8-16(9-10)12-11(13)6-3-7-14-12/h3,6-7,10H,4-5,8-9H2,1-2H3. The van der Waals surface area contributed by atoms with Gasteiger partial charge < -0.3 is 4.90 Å². The van der Waals surface area contributed by atoms with Crippen LogP contribution in [0, 0.1) is 0 Å². The number of aromatic nitrogens is 1. The number of nitrogens with zero attached hydrogens (tertiary/aromatic N) is 3. The van der Waals surface area contributed by atoms with Crippen LogP contribution in [-0.2, 0) is 10.0 Å². The van der Waals surface area contributed by atoms with E-state index in [-0.39, 0.29) is 6.04 Å². The van der Waals surface area contributed by atoms with Crippen LogP contribution >= 0.6 is 11.6 Å². The molecule has 2 heterocycles. The Morgan fingerprint density at radius 2 is 2.26 bits per heavy atom. The first-order valence-electron chi connectivity index (χ1n) is 6.18. The molecule has 7 heteroatoms. The summed E-state index contributed by atoms with van der Waals surface area (Å²) in [4.78, 5) is 6.34. The Kier molecular flexibility index (Phi) is 4.32. The largest absolute Gasteiger partial charge is 0.354 e. The van der Waals surface area contributed by atoms with E-state index in [0.29, 0.717) is 11.6 Å². The molecule has 1 aromatic heterocycles. The summed E-state index contributed by atoms with van der Waals surface area (Å²) >= 11 is 6.14. The van der Waals surface area contributed by atoms with E-state index in [1.807, 2.05) is 0 Å². The Labute approximate surface area is 119 Å². The number of rotatable bonds is 3. The van der Waals surface area contributed by atoms with Crippen molar-refractivity contribution in [1.29, 1.82) is 0 Å². The third-order valence-corrected chi connectivity index (χ3v) is 5.11. The molecular formula is C12H18ClN3O2S. The SMILES string of the molecule is CN(C1CCCN(c2ncccc2Cl)C1)S(C)(=O)=O. The van der Waals surface area contributed by atoms with Crippen molar-refractivity contribution < 1.29 is 8.42 Å². The molecule has 0 radical (unpaired) electrons. The molecule has 1 aliphatic rings. The molecule has 1 aromatic rings. The van der Waals surface area contributed by atoms with Crippen molar-refractivity contribution in [3.63, 3.8) is 0 Å². The fraction of sp³-hybridized carbons (Fsp3) is 0.583.